The molecule has 128 valence electrons. The third-order valence-corrected chi connectivity index (χ3v) is 4.60. The van der Waals surface area contributed by atoms with Crippen LogP contribution in [0.1, 0.15) is 16.7 Å². The van der Waals surface area contributed by atoms with Crippen molar-refractivity contribution in [1.29, 1.82) is 10.8 Å². The van der Waals surface area contributed by atoms with Gasteiger partial charge in [-0.2, -0.15) is 0 Å². The van der Waals surface area contributed by atoms with Crippen molar-refractivity contribution in [1.82, 2.24) is 4.98 Å². The van der Waals surface area contributed by atoms with E-state index in [1.54, 1.807) is 17.2 Å². The number of amidine groups is 2. The molecule has 2 heterocycles. The number of rotatable bonds is 2. The molecular weight excluding hydrogens is 346 g/mol. The number of para-hydroxylation sites is 1. The molecule has 0 unspecified atom stereocenters. The Labute approximate surface area is 156 Å². The van der Waals surface area contributed by atoms with Crippen LogP contribution in [0.4, 0.5) is 17.2 Å². The largest absolute Gasteiger partial charge is 0.338 e. The Bertz CT molecular complexity index is 997. The molecule has 1 aromatic heterocycles. The van der Waals surface area contributed by atoms with Crippen molar-refractivity contribution < 1.29 is 0 Å². The van der Waals surface area contributed by atoms with Gasteiger partial charge in [-0.3, -0.25) is 15.7 Å². The lowest BCUT2D eigenvalue weighted by Crippen LogP contribution is -2.36. The van der Waals surface area contributed by atoms with Gasteiger partial charge in [0.2, 0.25) is 0 Å². The van der Waals surface area contributed by atoms with E-state index in [1.807, 2.05) is 54.6 Å². The number of nitrogens with one attached hydrogen (secondary N) is 3. The van der Waals surface area contributed by atoms with Gasteiger partial charge in [0.25, 0.3) is 0 Å². The minimum absolute atomic E-state index is 0.212. The van der Waals surface area contributed by atoms with E-state index in [-0.39, 0.29) is 11.7 Å². The third kappa shape index (κ3) is 2.72. The smallest absolute Gasteiger partial charge is 0.154 e. The van der Waals surface area contributed by atoms with Crippen molar-refractivity contribution in [3.63, 3.8) is 0 Å². The molecule has 0 amide bonds. The second-order valence-corrected chi connectivity index (χ2v) is 6.17. The summed E-state index contributed by atoms with van der Waals surface area (Å²) >= 11 is 5.86. The number of hydrogen-bond acceptors (Lipinski definition) is 4. The molecule has 5 nitrogen and oxygen atoms in total. The zero-order valence-electron chi connectivity index (χ0n) is 13.8. The number of hydrogen-bond donors (Lipinski definition) is 3. The second kappa shape index (κ2) is 6.61. The molecule has 1 aliphatic rings. The standard InChI is InChI=1S/C20H16ClN5/c21-12-13-7-9-14(10-8-13)18(22)26-17-6-3-11-24-20(17)25-16-5-2-1-4-15(16)19(26)23/h1-11,22-23H,12H2,(H,24,25). The Morgan fingerprint density at radius 2 is 1.81 bits per heavy atom. The van der Waals surface area contributed by atoms with Gasteiger partial charge in [0.1, 0.15) is 11.7 Å². The number of nitrogens with zero attached hydrogens (tertiary/aromatic N) is 2. The van der Waals surface area contributed by atoms with Crippen molar-refractivity contribution in [2.45, 2.75) is 5.88 Å². The summed E-state index contributed by atoms with van der Waals surface area (Å²) < 4.78 is 0. The fourth-order valence-corrected chi connectivity index (χ4v) is 3.13. The molecule has 4 rings (SSSR count). The van der Waals surface area contributed by atoms with Gasteiger partial charge in [0, 0.05) is 23.2 Å². The predicted octanol–water partition coefficient (Wildman–Crippen LogP) is 4.73. The summed E-state index contributed by atoms with van der Waals surface area (Å²) in [5, 5.41) is 20.8. The molecule has 0 saturated heterocycles. The Hall–Kier alpha value is -3.18. The number of pyridine rings is 1. The highest BCUT2D eigenvalue weighted by molar-refractivity contribution is 6.30. The lowest BCUT2D eigenvalue weighted by Gasteiger charge is -2.25. The van der Waals surface area contributed by atoms with Gasteiger partial charge in [0.15, 0.2) is 5.82 Å². The SMILES string of the molecule is N=C(c1ccc(CCl)cc1)N1C(=N)c2ccccc2Nc2ncccc21. The molecule has 26 heavy (non-hydrogen) atoms. The molecule has 0 fully saturated rings. The van der Waals surface area contributed by atoms with Crippen molar-refractivity contribution in [2.75, 3.05) is 10.2 Å². The van der Waals surface area contributed by atoms with Crippen molar-refractivity contribution in [3.8, 4) is 0 Å². The van der Waals surface area contributed by atoms with Gasteiger partial charge in [-0.1, -0.05) is 36.4 Å². The molecule has 0 atom stereocenters. The zero-order chi connectivity index (χ0) is 18.1. The summed E-state index contributed by atoms with van der Waals surface area (Å²) in [6.45, 7) is 0. The lowest BCUT2D eigenvalue weighted by atomic mass is 10.1. The Morgan fingerprint density at radius 3 is 2.58 bits per heavy atom. The fourth-order valence-electron chi connectivity index (χ4n) is 2.95. The molecule has 2 aromatic carbocycles. The van der Waals surface area contributed by atoms with Crippen LogP contribution in [-0.2, 0) is 5.88 Å². The molecule has 0 saturated carbocycles. The van der Waals surface area contributed by atoms with Crippen LogP contribution in [0.5, 0.6) is 0 Å². The van der Waals surface area contributed by atoms with Crippen LogP contribution in [0.15, 0.2) is 66.9 Å². The van der Waals surface area contributed by atoms with Gasteiger partial charge in [-0.05, 0) is 29.8 Å². The highest BCUT2D eigenvalue weighted by atomic mass is 35.5. The van der Waals surface area contributed by atoms with Crippen LogP contribution in [-0.4, -0.2) is 16.7 Å². The maximum absolute atomic E-state index is 8.75. The fraction of sp³-hybridized carbons (Fsp3) is 0.0500. The number of anilines is 3. The van der Waals surface area contributed by atoms with Gasteiger partial charge >= 0.3 is 0 Å². The number of aromatic nitrogens is 1. The summed E-state index contributed by atoms with van der Waals surface area (Å²) in [5.41, 5.74) is 3.87. The van der Waals surface area contributed by atoms with Gasteiger partial charge in [-0.25, -0.2) is 4.98 Å². The van der Waals surface area contributed by atoms with E-state index in [0.717, 1.165) is 11.3 Å². The molecule has 1 aliphatic heterocycles. The van der Waals surface area contributed by atoms with E-state index in [0.29, 0.717) is 28.5 Å². The summed E-state index contributed by atoms with van der Waals surface area (Å²) in [5.74, 6) is 1.48. The van der Waals surface area contributed by atoms with E-state index in [4.69, 9.17) is 22.4 Å². The lowest BCUT2D eigenvalue weighted by molar-refractivity contribution is 1.25. The van der Waals surface area contributed by atoms with Crippen molar-refractivity contribution >= 4 is 40.5 Å². The minimum Gasteiger partial charge on any atom is -0.338 e. The maximum atomic E-state index is 8.75. The van der Waals surface area contributed by atoms with E-state index in [1.165, 1.54) is 0 Å². The van der Waals surface area contributed by atoms with Crippen molar-refractivity contribution in [3.05, 3.63) is 83.6 Å². The third-order valence-electron chi connectivity index (χ3n) is 4.29. The second-order valence-electron chi connectivity index (χ2n) is 5.90. The molecule has 3 N–H and O–H groups in total. The summed E-state index contributed by atoms with van der Waals surface area (Å²) in [7, 11) is 0. The summed E-state index contributed by atoms with van der Waals surface area (Å²) in [6.07, 6.45) is 1.69. The zero-order valence-corrected chi connectivity index (χ0v) is 14.6. The Balaban J connectivity index is 1.85. The van der Waals surface area contributed by atoms with Crippen LogP contribution < -0.4 is 10.2 Å². The van der Waals surface area contributed by atoms with E-state index < -0.39 is 0 Å². The van der Waals surface area contributed by atoms with Gasteiger partial charge in [-0.15, -0.1) is 11.6 Å². The highest BCUT2D eigenvalue weighted by Gasteiger charge is 2.28. The molecule has 0 spiro atoms. The van der Waals surface area contributed by atoms with Crippen LogP contribution >= 0.6 is 11.6 Å². The molecule has 0 radical (unpaired) electrons. The van der Waals surface area contributed by atoms with Gasteiger partial charge in [0.05, 0.1) is 11.4 Å². The van der Waals surface area contributed by atoms with Crippen LogP contribution in [0.25, 0.3) is 0 Å². The Morgan fingerprint density at radius 1 is 1.04 bits per heavy atom. The molecular formula is C20H16ClN5. The van der Waals surface area contributed by atoms with Crippen LogP contribution in [0.3, 0.4) is 0 Å². The molecule has 0 aliphatic carbocycles. The quantitative estimate of drug-likeness (QED) is 0.350. The molecule has 0 bridgehead atoms. The normalized spacial score (nSPS) is 12.7. The first-order chi connectivity index (χ1) is 12.7. The summed E-state index contributed by atoms with van der Waals surface area (Å²) in [6, 6.07) is 18.7. The van der Waals surface area contributed by atoms with E-state index >= 15 is 0 Å². The maximum Gasteiger partial charge on any atom is 0.154 e. The molecule has 3 aromatic rings. The van der Waals surface area contributed by atoms with Crippen LogP contribution in [0.2, 0.25) is 0 Å². The number of benzene rings is 2. The topological polar surface area (TPSA) is 75.9 Å². The number of halogens is 1. The monoisotopic (exact) mass is 361 g/mol. The highest BCUT2D eigenvalue weighted by Crippen LogP contribution is 2.34. The minimum atomic E-state index is 0.212. The first-order valence-corrected chi connectivity index (χ1v) is 8.66. The molecule has 6 heteroatoms. The van der Waals surface area contributed by atoms with Crippen molar-refractivity contribution in [2.24, 2.45) is 0 Å². The average molecular weight is 362 g/mol. The number of alkyl halides is 1. The van der Waals surface area contributed by atoms with E-state index in [2.05, 4.69) is 10.3 Å². The Kier molecular flexibility index (Phi) is 4.14. The van der Waals surface area contributed by atoms with E-state index in [9.17, 15) is 0 Å². The predicted molar refractivity (Wildman–Crippen MR) is 106 cm³/mol. The summed E-state index contributed by atoms with van der Waals surface area (Å²) in [4.78, 5) is 6.01. The average Bonchev–Trinajstić information content (AvgIpc) is 2.81. The van der Waals surface area contributed by atoms with Gasteiger partial charge < -0.3 is 5.32 Å². The first-order valence-electron chi connectivity index (χ1n) is 8.13. The van der Waals surface area contributed by atoms with Crippen LogP contribution in [0, 0.1) is 10.8 Å². The first kappa shape index (κ1) is 16.3. The number of fused-ring (bicyclic) bond motifs is 2.